The molecule has 0 spiro atoms. The number of aromatic nitrogens is 1. The number of nitrogens with one attached hydrogen (secondary N) is 1. The molecule has 0 atom stereocenters. The number of hydrogen-bond acceptors (Lipinski definition) is 2. The van der Waals surface area contributed by atoms with Crippen molar-refractivity contribution in [3.05, 3.63) is 29.6 Å². The predicted octanol–water partition coefficient (Wildman–Crippen LogP) is 1.49. The molecular weight excluding hydrogens is 150 g/mol. The molecule has 3 nitrogen and oxygen atoms in total. The molecule has 12 heavy (non-hydrogen) atoms. The lowest BCUT2D eigenvalue weighted by Gasteiger charge is -2.05. The van der Waals surface area contributed by atoms with Gasteiger partial charge in [-0.15, -0.1) is 0 Å². The van der Waals surface area contributed by atoms with Crippen LogP contribution in [0, 0.1) is 5.41 Å². The first-order valence-corrected chi connectivity index (χ1v) is 3.92. The summed E-state index contributed by atoms with van der Waals surface area (Å²) in [6, 6.07) is 5.56. The Balaban J connectivity index is 3.04. The standard InChI is InChI=1S/C9H13N3/c1-6(2)7-4-3-5-8(12-7)9(10)11/h3-6H,1-2H3,(H3,10,11). The summed E-state index contributed by atoms with van der Waals surface area (Å²) in [4.78, 5) is 4.22. The monoisotopic (exact) mass is 163 g/mol. The van der Waals surface area contributed by atoms with Crippen LogP contribution in [0.25, 0.3) is 0 Å². The van der Waals surface area contributed by atoms with Crippen LogP contribution in [-0.4, -0.2) is 10.8 Å². The summed E-state index contributed by atoms with van der Waals surface area (Å²) in [7, 11) is 0. The van der Waals surface area contributed by atoms with Crippen LogP contribution in [0.4, 0.5) is 0 Å². The van der Waals surface area contributed by atoms with E-state index >= 15 is 0 Å². The highest BCUT2D eigenvalue weighted by Gasteiger charge is 2.02. The SMILES string of the molecule is CC(C)c1cccc(C(=N)N)n1. The van der Waals surface area contributed by atoms with E-state index in [0.29, 0.717) is 11.6 Å². The van der Waals surface area contributed by atoms with Crippen molar-refractivity contribution < 1.29 is 0 Å². The van der Waals surface area contributed by atoms with Crippen molar-refractivity contribution in [1.82, 2.24) is 4.98 Å². The Hall–Kier alpha value is -1.38. The lowest BCUT2D eigenvalue weighted by molar-refractivity contribution is 0.820. The molecule has 1 rings (SSSR count). The number of amidine groups is 1. The van der Waals surface area contributed by atoms with E-state index in [2.05, 4.69) is 18.8 Å². The van der Waals surface area contributed by atoms with Crippen LogP contribution in [0.1, 0.15) is 31.2 Å². The molecule has 0 aliphatic heterocycles. The van der Waals surface area contributed by atoms with E-state index in [9.17, 15) is 0 Å². The molecular formula is C9H13N3. The van der Waals surface area contributed by atoms with Gasteiger partial charge in [0.05, 0.1) is 0 Å². The molecule has 0 saturated carbocycles. The maximum atomic E-state index is 7.19. The van der Waals surface area contributed by atoms with E-state index in [0.717, 1.165) is 5.69 Å². The predicted molar refractivity (Wildman–Crippen MR) is 49.3 cm³/mol. The van der Waals surface area contributed by atoms with E-state index in [1.807, 2.05) is 12.1 Å². The largest absolute Gasteiger partial charge is 0.382 e. The minimum Gasteiger partial charge on any atom is -0.382 e. The minimum atomic E-state index is 0.0255. The van der Waals surface area contributed by atoms with Gasteiger partial charge in [0.15, 0.2) is 0 Å². The summed E-state index contributed by atoms with van der Waals surface area (Å²) in [6.07, 6.45) is 0. The average Bonchev–Trinajstić information content (AvgIpc) is 2.04. The summed E-state index contributed by atoms with van der Waals surface area (Å²) in [5, 5.41) is 7.19. The van der Waals surface area contributed by atoms with Gasteiger partial charge in [0.1, 0.15) is 11.5 Å². The molecule has 1 aromatic rings. The van der Waals surface area contributed by atoms with Crippen molar-refractivity contribution in [2.24, 2.45) is 5.73 Å². The first kappa shape index (κ1) is 8.71. The van der Waals surface area contributed by atoms with E-state index in [1.54, 1.807) is 6.07 Å². The zero-order chi connectivity index (χ0) is 9.14. The molecule has 3 N–H and O–H groups in total. The van der Waals surface area contributed by atoms with Crippen LogP contribution in [-0.2, 0) is 0 Å². The molecule has 1 aromatic heterocycles. The highest BCUT2D eigenvalue weighted by atomic mass is 14.8. The summed E-state index contributed by atoms with van der Waals surface area (Å²) in [6.45, 7) is 4.12. The van der Waals surface area contributed by atoms with Gasteiger partial charge in [-0.25, -0.2) is 4.98 Å². The van der Waals surface area contributed by atoms with Gasteiger partial charge in [0, 0.05) is 5.69 Å². The zero-order valence-corrected chi connectivity index (χ0v) is 7.33. The Labute approximate surface area is 72.1 Å². The number of pyridine rings is 1. The number of hydrogen-bond donors (Lipinski definition) is 2. The third-order valence-electron chi connectivity index (χ3n) is 1.64. The van der Waals surface area contributed by atoms with Crippen LogP contribution in [0.15, 0.2) is 18.2 Å². The Bertz CT molecular complexity index is 292. The molecule has 0 fully saturated rings. The Morgan fingerprint density at radius 1 is 1.50 bits per heavy atom. The number of nitrogen functional groups attached to an aromatic ring is 1. The number of nitrogens with two attached hydrogens (primary N) is 1. The molecule has 0 aliphatic rings. The lowest BCUT2D eigenvalue weighted by Crippen LogP contribution is -2.13. The molecule has 0 aliphatic carbocycles. The van der Waals surface area contributed by atoms with Gasteiger partial charge in [-0.3, -0.25) is 5.41 Å². The fourth-order valence-electron chi connectivity index (χ4n) is 0.923. The second-order valence-electron chi connectivity index (χ2n) is 3.02. The van der Waals surface area contributed by atoms with Gasteiger partial charge in [-0.2, -0.15) is 0 Å². The smallest absolute Gasteiger partial charge is 0.141 e. The first-order valence-electron chi connectivity index (χ1n) is 3.92. The van der Waals surface area contributed by atoms with Gasteiger partial charge in [0.25, 0.3) is 0 Å². The Kier molecular flexibility index (Phi) is 2.43. The molecule has 0 bridgehead atoms. The molecule has 64 valence electrons. The summed E-state index contributed by atoms with van der Waals surface area (Å²) in [5.74, 6) is 0.404. The fourth-order valence-corrected chi connectivity index (χ4v) is 0.923. The van der Waals surface area contributed by atoms with Gasteiger partial charge in [-0.1, -0.05) is 19.9 Å². The first-order chi connectivity index (χ1) is 5.61. The molecule has 0 unspecified atom stereocenters. The average molecular weight is 163 g/mol. The number of rotatable bonds is 2. The maximum Gasteiger partial charge on any atom is 0.141 e. The third kappa shape index (κ3) is 1.81. The second kappa shape index (κ2) is 3.34. The van der Waals surface area contributed by atoms with E-state index in [1.165, 1.54) is 0 Å². The van der Waals surface area contributed by atoms with Crippen LogP contribution >= 0.6 is 0 Å². The van der Waals surface area contributed by atoms with Crippen LogP contribution in [0.5, 0.6) is 0 Å². The molecule has 1 heterocycles. The summed E-state index contributed by atoms with van der Waals surface area (Å²) in [5.41, 5.74) is 6.83. The van der Waals surface area contributed by atoms with Crippen LogP contribution in [0.3, 0.4) is 0 Å². The Morgan fingerprint density at radius 3 is 2.67 bits per heavy atom. The highest BCUT2D eigenvalue weighted by molar-refractivity contribution is 5.92. The van der Waals surface area contributed by atoms with Gasteiger partial charge >= 0.3 is 0 Å². The number of nitrogens with zero attached hydrogens (tertiary/aromatic N) is 1. The lowest BCUT2D eigenvalue weighted by atomic mass is 10.1. The second-order valence-corrected chi connectivity index (χ2v) is 3.02. The fraction of sp³-hybridized carbons (Fsp3) is 0.333. The Morgan fingerprint density at radius 2 is 2.17 bits per heavy atom. The summed E-state index contributed by atoms with van der Waals surface area (Å²) < 4.78 is 0. The molecule has 0 radical (unpaired) electrons. The van der Waals surface area contributed by atoms with Crippen LogP contribution < -0.4 is 5.73 Å². The molecule has 0 saturated heterocycles. The minimum absolute atomic E-state index is 0.0255. The van der Waals surface area contributed by atoms with Crippen molar-refractivity contribution in [2.75, 3.05) is 0 Å². The van der Waals surface area contributed by atoms with Crippen molar-refractivity contribution >= 4 is 5.84 Å². The van der Waals surface area contributed by atoms with E-state index in [-0.39, 0.29) is 5.84 Å². The van der Waals surface area contributed by atoms with Crippen molar-refractivity contribution in [1.29, 1.82) is 5.41 Å². The molecule has 0 aromatic carbocycles. The van der Waals surface area contributed by atoms with E-state index < -0.39 is 0 Å². The van der Waals surface area contributed by atoms with Gasteiger partial charge < -0.3 is 5.73 Å². The molecule has 0 amide bonds. The highest BCUT2D eigenvalue weighted by Crippen LogP contribution is 2.10. The normalized spacial score (nSPS) is 10.2. The van der Waals surface area contributed by atoms with Gasteiger partial charge in [0.2, 0.25) is 0 Å². The van der Waals surface area contributed by atoms with Crippen molar-refractivity contribution in [2.45, 2.75) is 19.8 Å². The topological polar surface area (TPSA) is 62.8 Å². The summed E-state index contributed by atoms with van der Waals surface area (Å²) >= 11 is 0. The maximum absolute atomic E-state index is 7.19. The van der Waals surface area contributed by atoms with E-state index in [4.69, 9.17) is 11.1 Å². The third-order valence-corrected chi connectivity index (χ3v) is 1.64. The van der Waals surface area contributed by atoms with Gasteiger partial charge in [-0.05, 0) is 18.1 Å². The van der Waals surface area contributed by atoms with Crippen molar-refractivity contribution in [3.63, 3.8) is 0 Å². The van der Waals surface area contributed by atoms with Crippen LogP contribution in [0.2, 0.25) is 0 Å². The van der Waals surface area contributed by atoms with Crippen molar-refractivity contribution in [3.8, 4) is 0 Å². The quantitative estimate of drug-likeness (QED) is 0.512. The molecule has 3 heteroatoms. The zero-order valence-electron chi connectivity index (χ0n) is 7.33.